The molecule has 1 aromatic heterocycles. The Labute approximate surface area is 154 Å². The minimum absolute atomic E-state index is 0.0812. The number of hydrogen-bond donors (Lipinski definition) is 2. The Bertz CT molecular complexity index is 917. The summed E-state index contributed by atoms with van der Waals surface area (Å²) in [5.41, 5.74) is 0.828. The molecule has 0 saturated carbocycles. The molecule has 0 aliphatic rings. The maximum atomic E-state index is 13.9. The molecular formula is C18H18FN5O3. The molecule has 1 heterocycles. The van der Waals surface area contributed by atoms with Crippen molar-refractivity contribution in [2.45, 2.75) is 12.3 Å². The van der Waals surface area contributed by atoms with Gasteiger partial charge in [0, 0.05) is 6.07 Å². The van der Waals surface area contributed by atoms with E-state index in [1.165, 1.54) is 19.2 Å². The molecule has 3 aromatic rings. The Kier molecular flexibility index (Phi) is 5.60. The third kappa shape index (κ3) is 4.20. The number of nitrogens with one attached hydrogen (secondary N) is 2. The summed E-state index contributed by atoms with van der Waals surface area (Å²) in [7, 11) is 3.08. The zero-order valence-electron chi connectivity index (χ0n) is 14.8. The van der Waals surface area contributed by atoms with E-state index in [4.69, 9.17) is 9.47 Å². The van der Waals surface area contributed by atoms with Gasteiger partial charge in [0.1, 0.15) is 23.2 Å². The van der Waals surface area contributed by atoms with E-state index >= 15 is 0 Å². The summed E-state index contributed by atoms with van der Waals surface area (Å²) >= 11 is 0. The van der Waals surface area contributed by atoms with Gasteiger partial charge in [0.25, 0.3) is 0 Å². The highest BCUT2D eigenvalue weighted by molar-refractivity contribution is 5.95. The van der Waals surface area contributed by atoms with Gasteiger partial charge in [-0.3, -0.25) is 4.79 Å². The third-order valence-corrected chi connectivity index (χ3v) is 4.04. The molecular weight excluding hydrogens is 353 g/mol. The Morgan fingerprint density at radius 1 is 1.22 bits per heavy atom. The zero-order valence-corrected chi connectivity index (χ0v) is 14.8. The average molecular weight is 371 g/mol. The molecule has 2 N–H and O–H groups in total. The second kappa shape index (κ2) is 8.26. The minimum Gasteiger partial charge on any atom is -0.497 e. The van der Waals surface area contributed by atoms with Gasteiger partial charge in [-0.15, -0.1) is 10.2 Å². The quantitative estimate of drug-likeness (QED) is 0.661. The second-order valence-corrected chi connectivity index (χ2v) is 5.67. The number of carbonyl (C=O) groups excluding carboxylic acids is 1. The highest BCUT2D eigenvalue weighted by atomic mass is 19.1. The van der Waals surface area contributed by atoms with Crippen LogP contribution in [0, 0.1) is 5.82 Å². The smallest absolute Gasteiger partial charge is 0.235 e. The number of aromatic amines is 1. The van der Waals surface area contributed by atoms with Crippen molar-refractivity contribution >= 4 is 11.6 Å². The minimum atomic E-state index is -0.800. The maximum Gasteiger partial charge on any atom is 0.235 e. The van der Waals surface area contributed by atoms with Crippen molar-refractivity contribution in [1.29, 1.82) is 0 Å². The van der Waals surface area contributed by atoms with Gasteiger partial charge in [-0.2, -0.15) is 5.21 Å². The first-order valence-electron chi connectivity index (χ1n) is 8.12. The van der Waals surface area contributed by atoms with Crippen LogP contribution < -0.4 is 14.8 Å². The van der Waals surface area contributed by atoms with Crippen molar-refractivity contribution in [1.82, 2.24) is 20.6 Å². The number of tetrazole rings is 1. The topological polar surface area (TPSA) is 102 Å². The van der Waals surface area contributed by atoms with Gasteiger partial charge in [0.2, 0.25) is 5.91 Å². The number of carbonyl (C=O) groups is 1. The average Bonchev–Trinajstić information content (AvgIpc) is 3.22. The highest BCUT2D eigenvalue weighted by Crippen LogP contribution is 2.29. The lowest BCUT2D eigenvalue weighted by molar-refractivity contribution is -0.117. The molecule has 1 atom stereocenters. The summed E-state index contributed by atoms with van der Waals surface area (Å²) in [4.78, 5) is 12.8. The molecule has 8 nitrogen and oxygen atoms in total. The van der Waals surface area contributed by atoms with E-state index in [1.54, 1.807) is 37.4 Å². The van der Waals surface area contributed by atoms with E-state index in [0.717, 1.165) is 5.56 Å². The van der Waals surface area contributed by atoms with Crippen LogP contribution in [0.3, 0.4) is 0 Å². The van der Waals surface area contributed by atoms with Crippen LogP contribution in [0.25, 0.3) is 0 Å². The van der Waals surface area contributed by atoms with E-state index in [9.17, 15) is 9.18 Å². The number of aromatic nitrogens is 4. The summed E-state index contributed by atoms with van der Waals surface area (Å²) in [6.07, 6.45) is 0.229. The molecule has 0 bridgehead atoms. The lowest BCUT2D eigenvalue weighted by atomic mass is 9.96. The number of methoxy groups -OCH3 is 2. The summed E-state index contributed by atoms with van der Waals surface area (Å²) in [5, 5.41) is 16.3. The number of halogens is 1. The lowest BCUT2D eigenvalue weighted by Gasteiger charge is -2.16. The maximum absolute atomic E-state index is 13.9. The number of anilines is 1. The molecule has 2 aromatic carbocycles. The Morgan fingerprint density at radius 2 is 2.04 bits per heavy atom. The third-order valence-electron chi connectivity index (χ3n) is 4.04. The zero-order chi connectivity index (χ0) is 19.2. The number of benzene rings is 2. The number of H-pyrrole nitrogens is 1. The Balaban J connectivity index is 1.89. The normalized spacial score (nSPS) is 11.7. The Hall–Kier alpha value is -3.49. The van der Waals surface area contributed by atoms with Crippen LogP contribution in [0.1, 0.15) is 17.3 Å². The molecule has 9 heteroatoms. The van der Waals surface area contributed by atoms with Gasteiger partial charge in [0.05, 0.1) is 19.9 Å². The van der Waals surface area contributed by atoms with Crippen molar-refractivity contribution < 1.29 is 18.7 Å². The molecule has 0 aliphatic heterocycles. The summed E-state index contributed by atoms with van der Waals surface area (Å²) in [5.74, 6) is -0.407. The number of nitrogens with zero attached hydrogens (tertiary/aromatic N) is 3. The largest absolute Gasteiger partial charge is 0.497 e. The van der Waals surface area contributed by atoms with Gasteiger partial charge < -0.3 is 14.8 Å². The number of rotatable bonds is 7. The summed E-state index contributed by atoms with van der Waals surface area (Å²) in [6, 6.07) is 11.2. The molecule has 140 valence electrons. The number of amides is 1. The first-order chi connectivity index (χ1) is 13.1. The predicted molar refractivity (Wildman–Crippen MR) is 95.2 cm³/mol. The molecule has 0 aliphatic carbocycles. The fourth-order valence-corrected chi connectivity index (χ4v) is 2.64. The van der Waals surface area contributed by atoms with E-state index in [-0.39, 0.29) is 17.9 Å². The van der Waals surface area contributed by atoms with Crippen LogP contribution in [0.15, 0.2) is 42.5 Å². The standard InChI is InChI=1S/C18H18FN5O3/c1-26-12-8-7-11(16(10-12)27-2)9-13(17-21-23-24-22-17)18(25)20-15-6-4-3-5-14(15)19/h3-8,10,13H,9H2,1-2H3,(H,20,25)(H,21,22,23,24)/t13-/m0/s1. The molecule has 1 amide bonds. The van der Waals surface area contributed by atoms with E-state index < -0.39 is 17.6 Å². The van der Waals surface area contributed by atoms with E-state index in [2.05, 4.69) is 25.9 Å². The molecule has 3 rings (SSSR count). The first kappa shape index (κ1) is 18.3. The fraction of sp³-hybridized carbons (Fsp3) is 0.222. The Morgan fingerprint density at radius 3 is 2.70 bits per heavy atom. The SMILES string of the molecule is COc1ccc(C[C@H](C(=O)Nc2ccccc2F)c2nn[nH]n2)c(OC)c1. The molecule has 0 saturated heterocycles. The molecule has 0 radical (unpaired) electrons. The van der Waals surface area contributed by atoms with E-state index in [1.807, 2.05) is 0 Å². The van der Waals surface area contributed by atoms with Gasteiger partial charge in [-0.25, -0.2) is 4.39 Å². The monoisotopic (exact) mass is 371 g/mol. The first-order valence-corrected chi connectivity index (χ1v) is 8.12. The number of hydrogen-bond acceptors (Lipinski definition) is 6. The lowest BCUT2D eigenvalue weighted by Crippen LogP contribution is -2.24. The van der Waals surface area contributed by atoms with Crippen molar-refractivity contribution in [2.75, 3.05) is 19.5 Å². The van der Waals surface area contributed by atoms with Gasteiger partial charge in [-0.05, 0) is 30.2 Å². The summed E-state index contributed by atoms with van der Waals surface area (Å²) in [6.45, 7) is 0. The molecule has 27 heavy (non-hydrogen) atoms. The van der Waals surface area contributed by atoms with Crippen LogP contribution >= 0.6 is 0 Å². The van der Waals surface area contributed by atoms with Crippen LogP contribution in [-0.4, -0.2) is 40.8 Å². The van der Waals surface area contributed by atoms with Gasteiger partial charge in [-0.1, -0.05) is 23.4 Å². The van der Waals surface area contributed by atoms with Crippen LogP contribution in [-0.2, 0) is 11.2 Å². The molecule has 0 fully saturated rings. The van der Waals surface area contributed by atoms with Crippen molar-refractivity contribution in [3.63, 3.8) is 0 Å². The predicted octanol–water partition coefficient (Wildman–Crippen LogP) is 2.32. The number of ether oxygens (including phenoxy) is 2. The fourth-order valence-electron chi connectivity index (χ4n) is 2.64. The highest BCUT2D eigenvalue weighted by Gasteiger charge is 2.27. The molecule has 0 unspecified atom stereocenters. The number of para-hydroxylation sites is 1. The van der Waals surface area contributed by atoms with Crippen LogP contribution in [0.2, 0.25) is 0 Å². The van der Waals surface area contributed by atoms with Crippen molar-refractivity contribution in [3.05, 3.63) is 59.7 Å². The van der Waals surface area contributed by atoms with Crippen molar-refractivity contribution in [3.8, 4) is 11.5 Å². The molecule has 0 spiro atoms. The van der Waals surface area contributed by atoms with Gasteiger partial charge in [0.15, 0.2) is 5.82 Å². The second-order valence-electron chi connectivity index (χ2n) is 5.67. The van der Waals surface area contributed by atoms with Crippen LogP contribution in [0.5, 0.6) is 11.5 Å². The van der Waals surface area contributed by atoms with Gasteiger partial charge >= 0.3 is 0 Å². The van der Waals surface area contributed by atoms with Crippen molar-refractivity contribution in [2.24, 2.45) is 0 Å². The summed E-state index contributed by atoms with van der Waals surface area (Å²) < 4.78 is 24.5. The van der Waals surface area contributed by atoms with Crippen LogP contribution in [0.4, 0.5) is 10.1 Å². The van der Waals surface area contributed by atoms with E-state index in [0.29, 0.717) is 11.5 Å².